The van der Waals surface area contributed by atoms with Gasteiger partial charge in [-0.2, -0.15) is 0 Å². The van der Waals surface area contributed by atoms with Crippen molar-refractivity contribution >= 4 is 6.03 Å². The van der Waals surface area contributed by atoms with Crippen molar-refractivity contribution in [1.29, 1.82) is 0 Å². The summed E-state index contributed by atoms with van der Waals surface area (Å²) in [4.78, 5) is 18.3. The third kappa shape index (κ3) is 4.99. The van der Waals surface area contributed by atoms with Gasteiger partial charge in [0.05, 0.1) is 24.9 Å². The number of rotatable bonds is 4. The van der Waals surface area contributed by atoms with Gasteiger partial charge in [0, 0.05) is 25.0 Å². The number of aromatic nitrogens is 1. The molecular formula is C15H26N4O3. The summed E-state index contributed by atoms with van der Waals surface area (Å²) in [5.41, 5.74) is 0.817. The second-order valence-corrected chi connectivity index (χ2v) is 6.70. The summed E-state index contributed by atoms with van der Waals surface area (Å²) in [6.45, 7) is 9.43. The van der Waals surface area contributed by atoms with E-state index in [1.54, 1.807) is 6.26 Å². The quantitative estimate of drug-likeness (QED) is 0.870. The van der Waals surface area contributed by atoms with Gasteiger partial charge in [0.25, 0.3) is 0 Å². The van der Waals surface area contributed by atoms with Crippen LogP contribution in [0.1, 0.15) is 32.4 Å². The van der Waals surface area contributed by atoms with Crippen LogP contribution >= 0.6 is 0 Å². The smallest absolute Gasteiger partial charge is 0.315 e. The number of nitrogens with one attached hydrogen (secondary N) is 2. The van der Waals surface area contributed by atoms with E-state index in [9.17, 15) is 4.79 Å². The number of morpholine rings is 1. The third-order valence-corrected chi connectivity index (χ3v) is 3.55. The first-order valence-corrected chi connectivity index (χ1v) is 7.61. The Kier molecular flexibility index (Phi) is 5.42. The molecule has 1 unspecified atom stereocenters. The summed E-state index contributed by atoms with van der Waals surface area (Å²) < 4.78 is 11.0. The molecule has 0 saturated carbocycles. The largest absolute Gasteiger partial charge is 0.447 e. The van der Waals surface area contributed by atoms with Crippen molar-refractivity contribution < 1.29 is 13.9 Å². The zero-order chi connectivity index (χ0) is 16.2. The van der Waals surface area contributed by atoms with Crippen LogP contribution in [0.2, 0.25) is 0 Å². The van der Waals surface area contributed by atoms with E-state index < -0.39 is 0 Å². The van der Waals surface area contributed by atoms with Crippen LogP contribution in [0.15, 0.2) is 10.7 Å². The topological polar surface area (TPSA) is 79.6 Å². The molecule has 1 aromatic rings. The summed E-state index contributed by atoms with van der Waals surface area (Å²) in [6.07, 6.45) is 1.68. The van der Waals surface area contributed by atoms with Gasteiger partial charge in [0.15, 0.2) is 0 Å². The van der Waals surface area contributed by atoms with Gasteiger partial charge >= 0.3 is 6.03 Å². The molecule has 1 fully saturated rings. The molecule has 1 atom stereocenters. The summed E-state index contributed by atoms with van der Waals surface area (Å²) >= 11 is 0. The third-order valence-electron chi connectivity index (χ3n) is 3.55. The number of likely N-dealkylation sites (N-methyl/N-ethyl adjacent to an activating group) is 1. The maximum absolute atomic E-state index is 11.8. The monoisotopic (exact) mass is 310 g/mol. The molecule has 0 spiro atoms. The highest BCUT2D eigenvalue weighted by molar-refractivity contribution is 5.73. The van der Waals surface area contributed by atoms with Crippen molar-refractivity contribution in [2.45, 2.75) is 38.8 Å². The Morgan fingerprint density at radius 2 is 2.23 bits per heavy atom. The van der Waals surface area contributed by atoms with E-state index in [2.05, 4.69) is 41.3 Å². The fraction of sp³-hybridized carbons (Fsp3) is 0.733. The highest BCUT2D eigenvalue weighted by atomic mass is 16.5. The molecule has 0 aliphatic carbocycles. The number of hydrogen-bond acceptors (Lipinski definition) is 5. The number of urea groups is 1. The molecule has 1 aromatic heterocycles. The molecule has 1 aliphatic heterocycles. The van der Waals surface area contributed by atoms with Gasteiger partial charge in [-0.25, -0.2) is 9.78 Å². The molecule has 22 heavy (non-hydrogen) atoms. The first kappa shape index (κ1) is 16.8. The van der Waals surface area contributed by atoms with Crippen molar-refractivity contribution in [3.63, 3.8) is 0 Å². The van der Waals surface area contributed by atoms with Crippen LogP contribution in [0, 0.1) is 0 Å². The molecule has 2 heterocycles. The fourth-order valence-corrected chi connectivity index (χ4v) is 2.15. The lowest BCUT2D eigenvalue weighted by atomic mass is 9.93. The minimum Gasteiger partial charge on any atom is -0.447 e. The first-order chi connectivity index (χ1) is 10.3. The molecular weight excluding hydrogens is 284 g/mol. The molecule has 7 nitrogen and oxygen atoms in total. The Morgan fingerprint density at radius 1 is 1.45 bits per heavy atom. The number of carbonyl (C=O) groups excluding carboxylic acids is 1. The number of ether oxygens (including phenoxy) is 1. The second-order valence-electron chi connectivity index (χ2n) is 6.70. The molecule has 1 saturated heterocycles. The van der Waals surface area contributed by atoms with Crippen molar-refractivity contribution in [2.24, 2.45) is 0 Å². The van der Waals surface area contributed by atoms with E-state index in [4.69, 9.17) is 9.15 Å². The minimum absolute atomic E-state index is 0.0405. The van der Waals surface area contributed by atoms with Crippen LogP contribution in [0.25, 0.3) is 0 Å². The van der Waals surface area contributed by atoms with Gasteiger partial charge in [-0.05, 0) is 7.05 Å². The van der Waals surface area contributed by atoms with Crippen LogP contribution in [-0.2, 0) is 16.7 Å². The molecule has 2 N–H and O–H groups in total. The first-order valence-electron chi connectivity index (χ1n) is 7.61. The number of nitrogens with zero attached hydrogens (tertiary/aromatic N) is 2. The van der Waals surface area contributed by atoms with Crippen LogP contribution in [0.3, 0.4) is 0 Å². The van der Waals surface area contributed by atoms with Crippen LogP contribution in [0.5, 0.6) is 0 Å². The average Bonchev–Trinajstić information content (AvgIpc) is 2.92. The standard InChI is InChI=1S/C15H26N4O3/c1-15(2,3)12-10-22-13(18-12)8-17-14(20)16-7-11-9-19(4)5-6-21-11/h10-11H,5-9H2,1-4H3,(H2,16,17,20). The molecule has 0 bridgehead atoms. The Balaban J connectivity index is 1.70. The number of amides is 2. The van der Waals surface area contributed by atoms with Gasteiger partial charge in [-0.1, -0.05) is 20.8 Å². The Hall–Kier alpha value is -1.60. The second kappa shape index (κ2) is 7.11. The predicted octanol–water partition coefficient (Wildman–Crippen LogP) is 1.10. The Labute approximate surface area is 131 Å². The van der Waals surface area contributed by atoms with Gasteiger partial charge in [0.1, 0.15) is 6.26 Å². The summed E-state index contributed by atoms with van der Waals surface area (Å²) in [5.74, 6) is 0.508. The Morgan fingerprint density at radius 3 is 2.86 bits per heavy atom. The number of carbonyl (C=O) groups is 1. The summed E-state index contributed by atoms with van der Waals surface area (Å²) in [7, 11) is 2.05. The van der Waals surface area contributed by atoms with Gasteiger partial charge in [-0.3, -0.25) is 0 Å². The molecule has 1 aliphatic rings. The lowest BCUT2D eigenvalue weighted by molar-refractivity contribution is -0.0167. The lowest BCUT2D eigenvalue weighted by Crippen LogP contribution is -2.47. The molecule has 124 valence electrons. The van der Waals surface area contributed by atoms with E-state index in [1.807, 2.05) is 7.05 Å². The van der Waals surface area contributed by atoms with Crippen LogP contribution in [-0.4, -0.2) is 55.3 Å². The van der Waals surface area contributed by atoms with E-state index in [0.717, 1.165) is 18.8 Å². The molecule has 2 amide bonds. The van der Waals surface area contributed by atoms with Gasteiger partial charge in [0.2, 0.25) is 5.89 Å². The maximum Gasteiger partial charge on any atom is 0.315 e. The molecule has 0 radical (unpaired) electrons. The van der Waals surface area contributed by atoms with Gasteiger partial charge < -0.3 is 24.7 Å². The van der Waals surface area contributed by atoms with Gasteiger partial charge in [-0.15, -0.1) is 0 Å². The number of oxazole rings is 1. The van der Waals surface area contributed by atoms with E-state index in [0.29, 0.717) is 19.0 Å². The lowest BCUT2D eigenvalue weighted by Gasteiger charge is -2.30. The van der Waals surface area contributed by atoms with Crippen LogP contribution in [0.4, 0.5) is 4.79 Å². The van der Waals surface area contributed by atoms with E-state index >= 15 is 0 Å². The highest BCUT2D eigenvalue weighted by Gasteiger charge is 2.20. The van der Waals surface area contributed by atoms with Crippen molar-refractivity contribution in [3.8, 4) is 0 Å². The SMILES string of the molecule is CN1CCOC(CNC(=O)NCc2nc(C(C)(C)C)co2)C1. The van der Waals surface area contributed by atoms with E-state index in [-0.39, 0.29) is 24.1 Å². The normalized spacial score (nSPS) is 19.9. The predicted molar refractivity (Wildman–Crippen MR) is 82.7 cm³/mol. The number of hydrogen-bond donors (Lipinski definition) is 2. The van der Waals surface area contributed by atoms with Crippen LogP contribution < -0.4 is 10.6 Å². The Bertz CT molecular complexity index is 495. The van der Waals surface area contributed by atoms with Crippen molar-refractivity contribution in [3.05, 3.63) is 17.8 Å². The zero-order valence-electron chi connectivity index (χ0n) is 13.8. The average molecular weight is 310 g/mol. The molecule has 7 heteroatoms. The highest BCUT2D eigenvalue weighted by Crippen LogP contribution is 2.20. The zero-order valence-corrected chi connectivity index (χ0v) is 13.8. The van der Waals surface area contributed by atoms with Crippen molar-refractivity contribution in [1.82, 2.24) is 20.5 Å². The molecule has 2 rings (SSSR count). The summed E-state index contributed by atoms with van der Waals surface area (Å²) in [5, 5.41) is 5.55. The summed E-state index contributed by atoms with van der Waals surface area (Å²) in [6, 6.07) is -0.243. The maximum atomic E-state index is 11.8. The molecule has 0 aromatic carbocycles. The fourth-order valence-electron chi connectivity index (χ4n) is 2.15. The minimum atomic E-state index is -0.243. The van der Waals surface area contributed by atoms with Crippen molar-refractivity contribution in [2.75, 3.05) is 33.3 Å². The van der Waals surface area contributed by atoms with E-state index in [1.165, 1.54) is 0 Å².